The SMILES string of the molecule is Fc1ccc(-c2ccon2)cc1. The topological polar surface area (TPSA) is 26.0 Å². The third kappa shape index (κ3) is 1.21. The van der Waals surface area contributed by atoms with Crippen LogP contribution in [0.5, 0.6) is 0 Å². The van der Waals surface area contributed by atoms with Gasteiger partial charge in [-0.05, 0) is 24.3 Å². The average Bonchev–Trinajstić information content (AvgIpc) is 2.58. The van der Waals surface area contributed by atoms with Crippen molar-refractivity contribution in [1.82, 2.24) is 5.16 Å². The van der Waals surface area contributed by atoms with Crippen molar-refractivity contribution in [2.45, 2.75) is 0 Å². The Morgan fingerprint density at radius 1 is 1.08 bits per heavy atom. The molecule has 0 saturated carbocycles. The van der Waals surface area contributed by atoms with E-state index < -0.39 is 0 Å². The molecule has 2 rings (SSSR count). The van der Waals surface area contributed by atoms with E-state index in [9.17, 15) is 4.39 Å². The average molecular weight is 163 g/mol. The summed E-state index contributed by atoms with van der Waals surface area (Å²) < 4.78 is 17.1. The summed E-state index contributed by atoms with van der Waals surface area (Å²) in [6.07, 6.45) is 1.48. The lowest BCUT2D eigenvalue weighted by molar-refractivity contribution is 0.422. The number of halogens is 1. The second-order valence-electron chi connectivity index (χ2n) is 2.39. The molecule has 1 aromatic heterocycles. The van der Waals surface area contributed by atoms with Gasteiger partial charge in [-0.2, -0.15) is 0 Å². The third-order valence-corrected chi connectivity index (χ3v) is 1.58. The molecule has 0 saturated heterocycles. The van der Waals surface area contributed by atoms with Crippen LogP contribution in [0.3, 0.4) is 0 Å². The number of aromatic nitrogens is 1. The Labute approximate surface area is 68.6 Å². The number of benzene rings is 1. The molecule has 0 atom stereocenters. The molecule has 0 aliphatic heterocycles. The molecule has 0 N–H and O–H groups in total. The Hall–Kier alpha value is -1.64. The van der Waals surface area contributed by atoms with Gasteiger partial charge in [0.25, 0.3) is 0 Å². The Kier molecular flexibility index (Phi) is 1.63. The molecule has 0 fully saturated rings. The van der Waals surface area contributed by atoms with Gasteiger partial charge in [0.1, 0.15) is 17.8 Å². The van der Waals surface area contributed by atoms with E-state index in [-0.39, 0.29) is 5.82 Å². The normalized spacial score (nSPS) is 10.1. The molecule has 0 spiro atoms. The maximum Gasteiger partial charge on any atom is 0.124 e. The van der Waals surface area contributed by atoms with Crippen LogP contribution in [-0.4, -0.2) is 5.16 Å². The van der Waals surface area contributed by atoms with Gasteiger partial charge >= 0.3 is 0 Å². The van der Waals surface area contributed by atoms with Crippen molar-refractivity contribution in [2.24, 2.45) is 0 Å². The molecule has 0 unspecified atom stereocenters. The van der Waals surface area contributed by atoms with Gasteiger partial charge < -0.3 is 4.52 Å². The highest BCUT2D eigenvalue weighted by molar-refractivity contribution is 5.57. The van der Waals surface area contributed by atoms with Gasteiger partial charge in [-0.15, -0.1) is 0 Å². The lowest BCUT2D eigenvalue weighted by Crippen LogP contribution is -1.77. The van der Waals surface area contributed by atoms with Crippen molar-refractivity contribution in [1.29, 1.82) is 0 Å². The molecule has 0 radical (unpaired) electrons. The zero-order valence-electron chi connectivity index (χ0n) is 6.20. The van der Waals surface area contributed by atoms with E-state index in [4.69, 9.17) is 0 Å². The summed E-state index contributed by atoms with van der Waals surface area (Å²) >= 11 is 0. The first-order chi connectivity index (χ1) is 5.86. The lowest BCUT2D eigenvalue weighted by Gasteiger charge is -1.92. The molecule has 0 aliphatic rings. The van der Waals surface area contributed by atoms with E-state index in [0.717, 1.165) is 11.3 Å². The van der Waals surface area contributed by atoms with E-state index >= 15 is 0 Å². The van der Waals surface area contributed by atoms with Crippen LogP contribution in [0, 0.1) is 5.82 Å². The van der Waals surface area contributed by atoms with E-state index in [1.165, 1.54) is 18.4 Å². The molecule has 2 aromatic rings. The summed E-state index contributed by atoms with van der Waals surface area (Å²) in [5, 5.41) is 3.72. The molecular weight excluding hydrogens is 157 g/mol. The van der Waals surface area contributed by atoms with Gasteiger partial charge in [0.2, 0.25) is 0 Å². The van der Waals surface area contributed by atoms with Gasteiger partial charge in [-0.3, -0.25) is 0 Å². The lowest BCUT2D eigenvalue weighted by atomic mass is 10.1. The summed E-state index contributed by atoms with van der Waals surface area (Å²) in [7, 11) is 0. The number of rotatable bonds is 1. The fourth-order valence-corrected chi connectivity index (χ4v) is 0.982. The Balaban J connectivity index is 2.43. The minimum atomic E-state index is -0.248. The highest BCUT2D eigenvalue weighted by Crippen LogP contribution is 2.16. The summed E-state index contributed by atoms with van der Waals surface area (Å²) in [5.41, 5.74) is 1.57. The molecule has 0 bridgehead atoms. The zero-order chi connectivity index (χ0) is 8.39. The second kappa shape index (κ2) is 2.77. The van der Waals surface area contributed by atoms with E-state index in [1.807, 2.05) is 0 Å². The predicted molar refractivity (Wildman–Crippen MR) is 41.9 cm³/mol. The number of hydrogen-bond acceptors (Lipinski definition) is 2. The zero-order valence-corrected chi connectivity index (χ0v) is 6.20. The largest absolute Gasteiger partial charge is 0.364 e. The van der Waals surface area contributed by atoms with Crippen LogP contribution in [-0.2, 0) is 0 Å². The standard InChI is InChI=1S/C9H6FNO/c10-8-3-1-7(2-4-8)9-5-6-12-11-9/h1-6H. The maximum absolute atomic E-state index is 12.5. The van der Waals surface area contributed by atoms with E-state index in [1.54, 1.807) is 18.2 Å². The first-order valence-corrected chi connectivity index (χ1v) is 3.52. The van der Waals surface area contributed by atoms with Gasteiger partial charge in [0, 0.05) is 11.6 Å². The van der Waals surface area contributed by atoms with Crippen molar-refractivity contribution >= 4 is 0 Å². The van der Waals surface area contributed by atoms with Crippen LogP contribution < -0.4 is 0 Å². The molecule has 0 amide bonds. The van der Waals surface area contributed by atoms with Crippen molar-refractivity contribution < 1.29 is 8.91 Å². The van der Waals surface area contributed by atoms with Gasteiger partial charge in [-0.1, -0.05) is 5.16 Å². The van der Waals surface area contributed by atoms with E-state index in [2.05, 4.69) is 9.68 Å². The summed E-state index contributed by atoms with van der Waals surface area (Å²) in [6.45, 7) is 0. The molecule has 0 aliphatic carbocycles. The summed E-state index contributed by atoms with van der Waals surface area (Å²) in [4.78, 5) is 0. The number of hydrogen-bond donors (Lipinski definition) is 0. The van der Waals surface area contributed by atoms with Crippen molar-refractivity contribution in [3.05, 3.63) is 42.4 Å². The first-order valence-electron chi connectivity index (χ1n) is 3.52. The summed E-state index contributed by atoms with van der Waals surface area (Å²) in [5.74, 6) is -0.248. The van der Waals surface area contributed by atoms with Crippen LogP contribution in [0.2, 0.25) is 0 Å². The quantitative estimate of drug-likeness (QED) is 0.645. The van der Waals surface area contributed by atoms with Crippen LogP contribution in [0.15, 0.2) is 41.1 Å². The predicted octanol–water partition coefficient (Wildman–Crippen LogP) is 2.48. The van der Waals surface area contributed by atoms with E-state index in [0.29, 0.717) is 0 Å². The first kappa shape index (κ1) is 7.03. The summed E-state index contributed by atoms with van der Waals surface area (Å²) in [6, 6.07) is 7.83. The van der Waals surface area contributed by atoms with Gasteiger partial charge in [-0.25, -0.2) is 4.39 Å². The van der Waals surface area contributed by atoms with Crippen molar-refractivity contribution in [2.75, 3.05) is 0 Å². The van der Waals surface area contributed by atoms with Crippen LogP contribution in [0.4, 0.5) is 4.39 Å². The second-order valence-corrected chi connectivity index (χ2v) is 2.39. The molecule has 12 heavy (non-hydrogen) atoms. The molecule has 3 heteroatoms. The number of nitrogens with zero attached hydrogens (tertiary/aromatic N) is 1. The monoisotopic (exact) mass is 163 g/mol. The molecule has 2 nitrogen and oxygen atoms in total. The fourth-order valence-electron chi connectivity index (χ4n) is 0.982. The highest BCUT2D eigenvalue weighted by atomic mass is 19.1. The highest BCUT2D eigenvalue weighted by Gasteiger charge is 1.99. The van der Waals surface area contributed by atoms with Crippen molar-refractivity contribution in [3.63, 3.8) is 0 Å². The van der Waals surface area contributed by atoms with Crippen molar-refractivity contribution in [3.8, 4) is 11.3 Å². The molecule has 1 aromatic carbocycles. The van der Waals surface area contributed by atoms with Gasteiger partial charge in [0.15, 0.2) is 0 Å². The Bertz CT molecular complexity index is 353. The van der Waals surface area contributed by atoms with Crippen LogP contribution in [0.1, 0.15) is 0 Å². The van der Waals surface area contributed by atoms with Crippen LogP contribution >= 0.6 is 0 Å². The minimum absolute atomic E-state index is 0.248. The fraction of sp³-hybridized carbons (Fsp3) is 0. The maximum atomic E-state index is 12.5. The van der Waals surface area contributed by atoms with Crippen LogP contribution in [0.25, 0.3) is 11.3 Å². The molecule has 60 valence electrons. The van der Waals surface area contributed by atoms with Gasteiger partial charge in [0.05, 0.1) is 0 Å². The molecular formula is C9H6FNO. The smallest absolute Gasteiger partial charge is 0.124 e. The Morgan fingerprint density at radius 2 is 1.83 bits per heavy atom. The minimum Gasteiger partial charge on any atom is -0.364 e. The molecule has 1 heterocycles. The Morgan fingerprint density at radius 3 is 2.42 bits per heavy atom. The third-order valence-electron chi connectivity index (χ3n) is 1.58.